The van der Waals surface area contributed by atoms with Crippen molar-refractivity contribution < 1.29 is 5.11 Å². The number of hydrogen-bond donors (Lipinski definition) is 1. The smallest absolute Gasteiger partial charge is 0.107 e. The van der Waals surface area contributed by atoms with Crippen LogP contribution in [0.2, 0.25) is 0 Å². The lowest BCUT2D eigenvalue weighted by atomic mass is 10.3. The first kappa shape index (κ1) is 14.6. The van der Waals surface area contributed by atoms with E-state index in [1.807, 2.05) is 24.3 Å². The maximum Gasteiger partial charge on any atom is 0.107 e. The molecule has 0 fully saturated rings. The highest BCUT2D eigenvalue weighted by atomic mass is 79.9. The van der Waals surface area contributed by atoms with Gasteiger partial charge < -0.3 is 5.11 Å². The van der Waals surface area contributed by atoms with Crippen LogP contribution in [0.4, 0.5) is 0 Å². The summed E-state index contributed by atoms with van der Waals surface area (Å²) in [6.45, 7) is 2.86. The molecule has 1 heterocycles. The molecule has 0 bridgehead atoms. The molecule has 0 saturated carbocycles. The third-order valence-electron chi connectivity index (χ3n) is 2.63. The van der Waals surface area contributed by atoms with Gasteiger partial charge in [0, 0.05) is 21.7 Å². The van der Waals surface area contributed by atoms with Gasteiger partial charge in [-0.25, -0.2) is 4.68 Å². The van der Waals surface area contributed by atoms with Gasteiger partial charge in [0.2, 0.25) is 0 Å². The van der Waals surface area contributed by atoms with Crippen molar-refractivity contribution in [3.05, 3.63) is 40.6 Å². The Morgan fingerprint density at radius 2 is 2.32 bits per heavy atom. The second-order valence-corrected chi connectivity index (χ2v) is 6.18. The van der Waals surface area contributed by atoms with Crippen LogP contribution >= 0.6 is 27.7 Å². The number of thioether (sulfide) groups is 1. The van der Waals surface area contributed by atoms with E-state index in [2.05, 4.69) is 33.2 Å². The van der Waals surface area contributed by atoms with Gasteiger partial charge in [-0.2, -0.15) is 0 Å². The van der Waals surface area contributed by atoms with Crippen LogP contribution < -0.4 is 0 Å². The van der Waals surface area contributed by atoms with E-state index in [9.17, 15) is 5.11 Å². The predicted molar refractivity (Wildman–Crippen MR) is 80.1 cm³/mol. The van der Waals surface area contributed by atoms with Crippen molar-refractivity contribution in [2.45, 2.75) is 30.9 Å². The molecule has 0 aliphatic rings. The van der Waals surface area contributed by atoms with E-state index in [0.717, 1.165) is 28.0 Å². The molecule has 0 radical (unpaired) electrons. The minimum atomic E-state index is -0.550. The van der Waals surface area contributed by atoms with E-state index in [0.29, 0.717) is 5.75 Å². The van der Waals surface area contributed by atoms with Gasteiger partial charge in [0.15, 0.2) is 0 Å². The molecule has 1 N–H and O–H groups in total. The Morgan fingerprint density at radius 3 is 3.05 bits per heavy atom. The summed E-state index contributed by atoms with van der Waals surface area (Å²) in [7, 11) is 0. The SMILES string of the molecule is CCCn1nncc1C(O)CSc1cccc(Br)c1. The Bertz CT molecular complexity index is 532. The quantitative estimate of drug-likeness (QED) is 0.819. The average Bonchev–Trinajstić information content (AvgIpc) is 2.85. The molecule has 0 saturated heterocycles. The van der Waals surface area contributed by atoms with Crippen LogP contribution in [0.5, 0.6) is 0 Å². The summed E-state index contributed by atoms with van der Waals surface area (Å²) >= 11 is 5.06. The third kappa shape index (κ3) is 4.06. The molecule has 0 aliphatic heterocycles. The molecule has 2 aromatic rings. The van der Waals surface area contributed by atoms with Gasteiger partial charge in [0.1, 0.15) is 6.10 Å². The van der Waals surface area contributed by atoms with Crippen molar-refractivity contribution in [1.82, 2.24) is 15.0 Å². The fraction of sp³-hybridized carbons (Fsp3) is 0.385. The molecule has 1 aromatic heterocycles. The van der Waals surface area contributed by atoms with E-state index in [1.165, 1.54) is 0 Å². The van der Waals surface area contributed by atoms with Crippen molar-refractivity contribution in [2.75, 3.05) is 5.75 Å². The molecule has 0 aliphatic carbocycles. The largest absolute Gasteiger partial charge is 0.386 e. The molecule has 19 heavy (non-hydrogen) atoms. The van der Waals surface area contributed by atoms with Gasteiger partial charge >= 0.3 is 0 Å². The standard InChI is InChI=1S/C13H16BrN3OS/c1-2-6-17-12(8-15-16-17)13(18)9-19-11-5-3-4-10(14)7-11/h3-5,7-8,13,18H,2,6,9H2,1H3. The summed E-state index contributed by atoms with van der Waals surface area (Å²) in [5, 5.41) is 18.1. The highest BCUT2D eigenvalue weighted by Crippen LogP contribution is 2.26. The Labute approximate surface area is 125 Å². The Kier molecular flexibility index (Phi) is 5.42. The average molecular weight is 342 g/mol. The molecule has 0 spiro atoms. The highest BCUT2D eigenvalue weighted by molar-refractivity contribution is 9.10. The predicted octanol–water partition coefficient (Wildman–Crippen LogP) is 3.28. The fourth-order valence-corrected chi connectivity index (χ4v) is 3.18. The minimum Gasteiger partial charge on any atom is -0.386 e. The van der Waals surface area contributed by atoms with Crippen LogP contribution in [-0.2, 0) is 6.54 Å². The number of hydrogen-bond acceptors (Lipinski definition) is 4. The van der Waals surface area contributed by atoms with E-state index < -0.39 is 6.10 Å². The monoisotopic (exact) mass is 341 g/mol. The van der Waals surface area contributed by atoms with Crippen molar-refractivity contribution in [3.63, 3.8) is 0 Å². The molecule has 1 aromatic carbocycles. The molecule has 102 valence electrons. The van der Waals surface area contributed by atoms with Crippen LogP contribution in [0, 0.1) is 0 Å². The Hall–Kier alpha value is -0.850. The second-order valence-electron chi connectivity index (χ2n) is 4.17. The van der Waals surface area contributed by atoms with E-state index >= 15 is 0 Å². The molecular formula is C13H16BrN3OS. The maximum absolute atomic E-state index is 10.2. The normalized spacial score (nSPS) is 12.6. The van der Waals surface area contributed by atoms with E-state index in [-0.39, 0.29) is 0 Å². The summed E-state index contributed by atoms with van der Waals surface area (Å²) < 4.78 is 2.82. The number of nitrogens with zero attached hydrogens (tertiary/aromatic N) is 3. The van der Waals surface area contributed by atoms with Gasteiger partial charge in [0.25, 0.3) is 0 Å². The Balaban J connectivity index is 1.97. The first-order valence-electron chi connectivity index (χ1n) is 6.15. The summed E-state index contributed by atoms with van der Waals surface area (Å²) in [5.74, 6) is 0.591. The van der Waals surface area contributed by atoms with Crippen LogP contribution in [0.1, 0.15) is 25.1 Å². The van der Waals surface area contributed by atoms with Crippen molar-refractivity contribution in [2.24, 2.45) is 0 Å². The second kappa shape index (κ2) is 7.07. The molecular weight excluding hydrogens is 326 g/mol. The van der Waals surface area contributed by atoms with Crippen LogP contribution in [0.15, 0.2) is 39.8 Å². The zero-order valence-electron chi connectivity index (χ0n) is 10.7. The number of aryl methyl sites for hydroxylation is 1. The van der Waals surface area contributed by atoms with Gasteiger partial charge in [-0.05, 0) is 24.6 Å². The Morgan fingerprint density at radius 1 is 1.47 bits per heavy atom. The van der Waals surface area contributed by atoms with Crippen LogP contribution in [0.25, 0.3) is 0 Å². The summed E-state index contributed by atoms with van der Waals surface area (Å²) in [6.07, 6.45) is 2.06. The summed E-state index contributed by atoms with van der Waals surface area (Å²) in [6, 6.07) is 8.05. The number of aliphatic hydroxyl groups is 1. The lowest BCUT2D eigenvalue weighted by Gasteiger charge is -2.11. The lowest BCUT2D eigenvalue weighted by molar-refractivity contribution is 0.191. The summed E-state index contributed by atoms with van der Waals surface area (Å²) in [4.78, 5) is 1.13. The number of aromatic nitrogens is 3. The van der Waals surface area contributed by atoms with Crippen molar-refractivity contribution in [3.8, 4) is 0 Å². The molecule has 0 amide bonds. The van der Waals surface area contributed by atoms with Gasteiger partial charge in [-0.3, -0.25) is 0 Å². The van der Waals surface area contributed by atoms with E-state index in [4.69, 9.17) is 0 Å². The molecule has 1 unspecified atom stereocenters. The summed E-state index contributed by atoms with van der Waals surface area (Å²) in [5.41, 5.74) is 0.782. The van der Waals surface area contributed by atoms with Crippen LogP contribution in [0.3, 0.4) is 0 Å². The zero-order valence-corrected chi connectivity index (χ0v) is 13.1. The molecule has 2 rings (SSSR count). The van der Waals surface area contributed by atoms with Crippen molar-refractivity contribution >= 4 is 27.7 Å². The molecule has 4 nitrogen and oxygen atoms in total. The third-order valence-corrected chi connectivity index (χ3v) is 4.19. The lowest BCUT2D eigenvalue weighted by Crippen LogP contribution is -2.10. The van der Waals surface area contributed by atoms with Crippen LogP contribution in [-0.4, -0.2) is 25.9 Å². The zero-order chi connectivity index (χ0) is 13.7. The van der Waals surface area contributed by atoms with Gasteiger partial charge in [-0.1, -0.05) is 34.1 Å². The van der Waals surface area contributed by atoms with Gasteiger partial charge in [-0.15, -0.1) is 16.9 Å². The molecule has 1 atom stereocenters. The first-order chi connectivity index (χ1) is 9.20. The fourth-order valence-electron chi connectivity index (χ4n) is 1.73. The molecule has 6 heteroatoms. The number of aliphatic hydroxyl groups excluding tert-OH is 1. The highest BCUT2D eigenvalue weighted by Gasteiger charge is 2.14. The number of benzene rings is 1. The van der Waals surface area contributed by atoms with Crippen molar-refractivity contribution in [1.29, 1.82) is 0 Å². The van der Waals surface area contributed by atoms with E-state index in [1.54, 1.807) is 22.6 Å². The topological polar surface area (TPSA) is 50.9 Å². The van der Waals surface area contributed by atoms with Gasteiger partial charge in [0.05, 0.1) is 11.9 Å². The number of halogens is 1. The first-order valence-corrected chi connectivity index (χ1v) is 7.93. The minimum absolute atomic E-state index is 0.550. The maximum atomic E-state index is 10.2. The number of rotatable bonds is 6.